The fourth-order valence-electron chi connectivity index (χ4n) is 3.82. The highest BCUT2D eigenvalue weighted by atomic mass is 35.5. The van der Waals surface area contributed by atoms with Crippen LogP contribution >= 0.6 is 11.6 Å². The third kappa shape index (κ3) is 2.70. The van der Waals surface area contributed by atoms with Crippen molar-refractivity contribution in [3.8, 4) is 0 Å². The fourth-order valence-corrected chi connectivity index (χ4v) is 3.98. The standard InChI is InChI=1S/C20H19ClN6O/c1-12(2)27-16-5-7-22-20(16)23-10-18(27)19-15-4-3-13(21)9-17(15)26(24-19)11-14-6-8-28-25-14/h3-10,12,18,22H,11H2,1-2H3. The van der Waals surface area contributed by atoms with E-state index in [4.69, 9.17) is 21.2 Å². The lowest BCUT2D eigenvalue weighted by molar-refractivity contribution is 0.408. The smallest absolute Gasteiger partial charge is 0.153 e. The first-order valence-corrected chi connectivity index (χ1v) is 9.55. The van der Waals surface area contributed by atoms with Gasteiger partial charge in [0.25, 0.3) is 0 Å². The largest absolute Gasteiger partial charge is 0.364 e. The van der Waals surface area contributed by atoms with Gasteiger partial charge in [-0.1, -0.05) is 16.8 Å². The van der Waals surface area contributed by atoms with Gasteiger partial charge in [0.2, 0.25) is 0 Å². The van der Waals surface area contributed by atoms with Crippen molar-refractivity contribution in [3.63, 3.8) is 0 Å². The minimum atomic E-state index is -0.0782. The monoisotopic (exact) mass is 394 g/mol. The molecule has 4 heterocycles. The average Bonchev–Trinajstić information content (AvgIpc) is 3.41. The lowest BCUT2D eigenvalue weighted by Crippen LogP contribution is -2.37. The number of aromatic nitrogens is 4. The van der Waals surface area contributed by atoms with Gasteiger partial charge >= 0.3 is 0 Å². The number of nitrogens with one attached hydrogen (secondary N) is 1. The Morgan fingerprint density at radius 2 is 2.14 bits per heavy atom. The number of nitrogens with zero attached hydrogens (tertiary/aromatic N) is 5. The average molecular weight is 395 g/mol. The minimum Gasteiger partial charge on any atom is -0.364 e. The lowest BCUT2D eigenvalue weighted by Gasteiger charge is -2.36. The van der Waals surface area contributed by atoms with E-state index < -0.39 is 0 Å². The molecule has 4 aromatic rings. The second-order valence-corrected chi connectivity index (χ2v) is 7.57. The zero-order chi connectivity index (χ0) is 19.3. The predicted octanol–water partition coefficient (Wildman–Crippen LogP) is 4.73. The van der Waals surface area contributed by atoms with Crippen molar-refractivity contribution in [3.05, 3.63) is 59.2 Å². The zero-order valence-corrected chi connectivity index (χ0v) is 16.3. The summed E-state index contributed by atoms with van der Waals surface area (Å²) >= 11 is 6.28. The van der Waals surface area contributed by atoms with Crippen molar-refractivity contribution in [2.75, 3.05) is 4.90 Å². The van der Waals surface area contributed by atoms with Crippen molar-refractivity contribution in [2.24, 2.45) is 4.99 Å². The summed E-state index contributed by atoms with van der Waals surface area (Å²) in [6.45, 7) is 4.86. The van der Waals surface area contributed by atoms with Crippen LogP contribution in [0.25, 0.3) is 10.9 Å². The highest BCUT2D eigenvalue weighted by Gasteiger charge is 2.31. The van der Waals surface area contributed by atoms with Gasteiger partial charge in [-0.2, -0.15) is 5.10 Å². The molecule has 0 amide bonds. The van der Waals surface area contributed by atoms with Crippen molar-refractivity contribution in [1.29, 1.82) is 0 Å². The Labute approximate surface area is 166 Å². The number of aliphatic imine (C=N–C) groups is 1. The van der Waals surface area contributed by atoms with E-state index >= 15 is 0 Å². The summed E-state index contributed by atoms with van der Waals surface area (Å²) in [7, 11) is 0. The maximum atomic E-state index is 6.28. The topological polar surface area (TPSA) is 75.2 Å². The highest BCUT2D eigenvalue weighted by Crippen LogP contribution is 2.40. The molecule has 0 saturated heterocycles. The van der Waals surface area contributed by atoms with E-state index in [0.29, 0.717) is 11.6 Å². The van der Waals surface area contributed by atoms with Crippen LogP contribution < -0.4 is 4.90 Å². The van der Waals surface area contributed by atoms with E-state index in [1.54, 1.807) is 6.26 Å². The van der Waals surface area contributed by atoms with E-state index in [0.717, 1.165) is 33.8 Å². The molecule has 1 N–H and O–H groups in total. The predicted molar refractivity (Wildman–Crippen MR) is 110 cm³/mol. The number of benzene rings is 1. The number of fused-ring (bicyclic) bond motifs is 2. The Hall–Kier alpha value is -3.06. The molecule has 8 heteroatoms. The Morgan fingerprint density at radius 3 is 2.93 bits per heavy atom. The van der Waals surface area contributed by atoms with Crippen LogP contribution in [0.1, 0.15) is 31.3 Å². The van der Waals surface area contributed by atoms with Crippen molar-refractivity contribution in [2.45, 2.75) is 32.5 Å². The molecule has 1 aliphatic rings. The first-order valence-electron chi connectivity index (χ1n) is 9.17. The van der Waals surface area contributed by atoms with Gasteiger partial charge in [-0.3, -0.25) is 4.68 Å². The number of anilines is 1. The van der Waals surface area contributed by atoms with Crippen LogP contribution in [-0.4, -0.2) is 32.2 Å². The molecule has 0 bridgehead atoms. The second-order valence-electron chi connectivity index (χ2n) is 7.13. The van der Waals surface area contributed by atoms with Gasteiger partial charge in [0.05, 0.1) is 23.4 Å². The van der Waals surface area contributed by atoms with Crippen LogP contribution in [-0.2, 0) is 6.54 Å². The van der Waals surface area contributed by atoms with Crippen LogP contribution in [0.2, 0.25) is 5.02 Å². The first kappa shape index (κ1) is 17.1. The summed E-state index contributed by atoms with van der Waals surface area (Å²) in [6.07, 6.45) is 5.44. The van der Waals surface area contributed by atoms with E-state index in [1.165, 1.54) is 0 Å². The maximum absolute atomic E-state index is 6.28. The molecule has 3 aromatic heterocycles. The Balaban J connectivity index is 1.66. The number of halogens is 1. The fraction of sp³-hybridized carbons (Fsp3) is 0.250. The summed E-state index contributed by atoms with van der Waals surface area (Å²) in [4.78, 5) is 10.1. The quantitative estimate of drug-likeness (QED) is 0.543. The second kappa shape index (κ2) is 6.53. The summed E-state index contributed by atoms with van der Waals surface area (Å²) in [5.41, 5.74) is 3.79. The van der Waals surface area contributed by atoms with E-state index in [9.17, 15) is 0 Å². The Morgan fingerprint density at radius 1 is 1.25 bits per heavy atom. The number of hydrogen-bond acceptors (Lipinski definition) is 5. The number of rotatable bonds is 4. The normalized spacial score (nSPS) is 16.3. The maximum Gasteiger partial charge on any atom is 0.153 e. The number of aromatic amines is 1. The van der Waals surface area contributed by atoms with Crippen molar-refractivity contribution >= 4 is 40.2 Å². The molecule has 28 heavy (non-hydrogen) atoms. The van der Waals surface area contributed by atoms with Crippen LogP contribution in [0.5, 0.6) is 0 Å². The van der Waals surface area contributed by atoms with Crippen LogP contribution in [0.15, 0.2) is 52.3 Å². The molecule has 1 aliphatic heterocycles. The van der Waals surface area contributed by atoms with E-state index in [2.05, 4.69) is 39.9 Å². The molecule has 5 rings (SSSR count). The Kier molecular flexibility index (Phi) is 3.98. The van der Waals surface area contributed by atoms with Crippen LogP contribution in [0.4, 0.5) is 11.5 Å². The first-order chi connectivity index (χ1) is 13.6. The highest BCUT2D eigenvalue weighted by molar-refractivity contribution is 6.31. The molecule has 0 fully saturated rings. The molecule has 1 aromatic carbocycles. The molecule has 1 atom stereocenters. The van der Waals surface area contributed by atoms with E-state index in [1.807, 2.05) is 41.4 Å². The number of hydrogen-bond donors (Lipinski definition) is 1. The third-order valence-corrected chi connectivity index (χ3v) is 5.24. The summed E-state index contributed by atoms with van der Waals surface area (Å²) < 4.78 is 6.90. The summed E-state index contributed by atoms with van der Waals surface area (Å²) in [5, 5.41) is 10.7. The molecule has 142 valence electrons. The third-order valence-electron chi connectivity index (χ3n) is 5.01. The summed E-state index contributed by atoms with van der Waals surface area (Å²) in [6, 6.07) is 9.96. The molecular weight excluding hydrogens is 376 g/mol. The zero-order valence-electron chi connectivity index (χ0n) is 15.5. The molecule has 0 radical (unpaired) electrons. The van der Waals surface area contributed by atoms with Gasteiger partial charge in [-0.05, 0) is 38.1 Å². The van der Waals surface area contributed by atoms with Gasteiger partial charge in [-0.15, -0.1) is 0 Å². The summed E-state index contributed by atoms with van der Waals surface area (Å²) in [5.74, 6) is 0.874. The van der Waals surface area contributed by atoms with Gasteiger partial charge in [-0.25, -0.2) is 4.99 Å². The van der Waals surface area contributed by atoms with Gasteiger partial charge in [0.1, 0.15) is 18.0 Å². The van der Waals surface area contributed by atoms with Crippen molar-refractivity contribution in [1.82, 2.24) is 19.9 Å². The molecule has 0 spiro atoms. The lowest BCUT2D eigenvalue weighted by atomic mass is 10.0. The van der Waals surface area contributed by atoms with Gasteiger partial charge < -0.3 is 14.4 Å². The SMILES string of the molecule is CC(C)N1c2cc[nH]c2N=CC1c1nn(Cc2ccon2)c2cc(Cl)ccc12. The minimum absolute atomic E-state index is 0.0782. The molecule has 1 unspecified atom stereocenters. The van der Waals surface area contributed by atoms with Crippen LogP contribution in [0.3, 0.4) is 0 Å². The van der Waals surface area contributed by atoms with E-state index in [-0.39, 0.29) is 12.1 Å². The van der Waals surface area contributed by atoms with Gasteiger partial charge in [0, 0.05) is 34.9 Å². The Bertz CT molecular complexity index is 1160. The number of H-pyrrole nitrogens is 1. The van der Waals surface area contributed by atoms with Crippen molar-refractivity contribution < 1.29 is 4.52 Å². The molecule has 7 nitrogen and oxygen atoms in total. The molecule has 0 saturated carbocycles. The van der Waals surface area contributed by atoms with Gasteiger partial charge in [0.15, 0.2) is 5.82 Å². The van der Waals surface area contributed by atoms with Crippen LogP contribution in [0, 0.1) is 0 Å². The molecular formula is C20H19ClN6O. The molecule has 0 aliphatic carbocycles.